The van der Waals surface area contributed by atoms with Crippen molar-refractivity contribution in [2.75, 3.05) is 0 Å². The van der Waals surface area contributed by atoms with Crippen molar-refractivity contribution in [1.29, 1.82) is 0 Å². The monoisotopic (exact) mass is 338 g/mol. The Morgan fingerprint density at radius 1 is 0.600 bits per heavy atom. The van der Waals surface area contributed by atoms with Crippen molar-refractivity contribution in [3.8, 4) is 0 Å². The van der Waals surface area contributed by atoms with Crippen LogP contribution in [-0.2, 0) is 20.1 Å². The predicted molar refractivity (Wildman–Crippen MR) is 39.5 cm³/mol. The number of allylic oxidation sites excluding steroid dienone is 4. The van der Waals surface area contributed by atoms with Crippen molar-refractivity contribution in [3.63, 3.8) is 0 Å². The molecule has 0 fully saturated rings. The molecule has 1 rings (SSSR count). The van der Waals surface area contributed by atoms with E-state index < -0.39 is 0 Å². The molecule has 0 unspecified atom stereocenters. The van der Waals surface area contributed by atoms with Gasteiger partial charge in [0.25, 0.3) is 0 Å². The molecule has 10 heavy (non-hydrogen) atoms. The Morgan fingerprint density at radius 2 is 0.800 bits per heavy atom. The van der Waals surface area contributed by atoms with Crippen molar-refractivity contribution in [2.24, 2.45) is 0 Å². The maximum absolute atomic E-state index is 2.27. The molecular formula is C8H14ClIr+. The molecule has 0 saturated heterocycles. The molecule has 0 nitrogen and oxygen atoms in total. The van der Waals surface area contributed by atoms with Gasteiger partial charge in [0.15, 0.2) is 0 Å². The van der Waals surface area contributed by atoms with Crippen molar-refractivity contribution in [1.82, 2.24) is 0 Å². The van der Waals surface area contributed by atoms with Gasteiger partial charge in [0, 0.05) is 20.1 Å². The van der Waals surface area contributed by atoms with E-state index in [9.17, 15) is 0 Å². The fourth-order valence-corrected chi connectivity index (χ4v) is 0.856. The molecule has 61 valence electrons. The zero-order valence-electron chi connectivity index (χ0n) is 5.92. The standard InChI is InChI=1S/C8H12.ClH2.Ir/c1-2-4-6-8-7-5-3-1;;/h1-2,7-8H,3-6H2;1H2;/q;+1;. The van der Waals surface area contributed by atoms with Gasteiger partial charge in [-0.15, -0.1) is 0 Å². The normalized spacial score (nSPS) is 16.0. The average molecular weight is 338 g/mol. The second-order valence-corrected chi connectivity index (χ2v) is 2.10. The third kappa shape index (κ3) is 6.54. The Labute approximate surface area is 82.5 Å². The summed E-state index contributed by atoms with van der Waals surface area (Å²) < 4.78 is 0. The van der Waals surface area contributed by atoms with Crippen LogP contribution in [0.5, 0.6) is 0 Å². The molecule has 0 atom stereocenters. The molecule has 0 amide bonds. The van der Waals surface area contributed by atoms with Gasteiger partial charge < -0.3 is 0 Å². The molecule has 0 bridgehead atoms. The molecule has 0 aromatic heterocycles. The summed E-state index contributed by atoms with van der Waals surface area (Å²) in [5, 5.41) is 0. The summed E-state index contributed by atoms with van der Waals surface area (Å²) in [6.07, 6.45) is 14.0. The largest absolute Gasteiger partial charge is 0.0903 e. The Kier molecular flexibility index (Phi) is 12.3. The van der Waals surface area contributed by atoms with Gasteiger partial charge in [-0.25, -0.2) is 0 Å². The van der Waals surface area contributed by atoms with Gasteiger partial charge in [0.1, 0.15) is 0 Å². The fraction of sp³-hybridized carbons (Fsp3) is 0.500. The quantitative estimate of drug-likeness (QED) is 0.594. The van der Waals surface area contributed by atoms with Crippen molar-refractivity contribution in [2.45, 2.75) is 25.7 Å². The summed E-state index contributed by atoms with van der Waals surface area (Å²) in [7, 11) is 0. The average Bonchev–Trinajstić information content (AvgIpc) is 1.62. The minimum absolute atomic E-state index is 0. The molecular weight excluding hydrogens is 324 g/mol. The Balaban J connectivity index is 0. The van der Waals surface area contributed by atoms with E-state index in [1.54, 1.807) is 0 Å². The van der Waals surface area contributed by atoms with Gasteiger partial charge in [-0.3, -0.25) is 0 Å². The van der Waals surface area contributed by atoms with E-state index in [2.05, 4.69) is 24.3 Å². The minimum Gasteiger partial charge on any atom is -0.0882 e. The molecule has 0 heterocycles. The molecule has 0 N–H and O–H groups in total. The molecule has 2 heteroatoms. The summed E-state index contributed by atoms with van der Waals surface area (Å²) in [5.41, 5.74) is 0. The van der Waals surface area contributed by atoms with Gasteiger partial charge in [-0.05, 0) is 25.7 Å². The van der Waals surface area contributed by atoms with Crippen LogP contribution in [0.4, 0.5) is 0 Å². The maximum Gasteiger partial charge on any atom is 0.0903 e. The SMILES string of the molecule is C1=CCCC=CCC1.[ClH2+].[Ir]. The second kappa shape index (κ2) is 9.42. The number of hydrogen-bond acceptors (Lipinski definition) is 0. The molecule has 0 aromatic rings. The van der Waals surface area contributed by atoms with Crippen LogP contribution in [0.1, 0.15) is 25.7 Å². The fourth-order valence-electron chi connectivity index (χ4n) is 0.856. The first kappa shape index (κ1) is 13.0. The van der Waals surface area contributed by atoms with Crippen LogP contribution in [0.3, 0.4) is 0 Å². The molecule has 0 spiro atoms. The van der Waals surface area contributed by atoms with E-state index >= 15 is 0 Å². The minimum atomic E-state index is 0. The maximum atomic E-state index is 2.27. The molecule has 1 aliphatic carbocycles. The predicted octanol–water partition coefficient (Wildman–Crippen LogP) is 2.13. The summed E-state index contributed by atoms with van der Waals surface area (Å²) >= 11 is 0. The first-order valence-electron chi connectivity index (χ1n) is 3.30. The Bertz CT molecular complexity index is 81.8. The van der Waals surface area contributed by atoms with Crippen LogP contribution in [0.15, 0.2) is 24.3 Å². The van der Waals surface area contributed by atoms with Gasteiger partial charge in [-0.2, -0.15) is 0 Å². The van der Waals surface area contributed by atoms with Crippen LogP contribution >= 0.6 is 0 Å². The van der Waals surface area contributed by atoms with Gasteiger partial charge in [0.05, 0.1) is 12.4 Å². The van der Waals surface area contributed by atoms with Crippen molar-refractivity contribution in [3.05, 3.63) is 24.3 Å². The summed E-state index contributed by atoms with van der Waals surface area (Å²) in [6, 6.07) is 0. The van der Waals surface area contributed by atoms with Crippen LogP contribution in [-0.4, -0.2) is 0 Å². The number of rotatable bonds is 0. The zero-order chi connectivity index (χ0) is 5.66. The van der Waals surface area contributed by atoms with E-state index in [1.807, 2.05) is 0 Å². The topological polar surface area (TPSA) is 0 Å². The van der Waals surface area contributed by atoms with Gasteiger partial charge in [-0.1, -0.05) is 24.3 Å². The third-order valence-electron chi connectivity index (χ3n) is 1.33. The van der Waals surface area contributed by atoms with Gasteiger partial charge in [0.2, 0.25) is 0 Å². The second-order valence-electron chi connectivity index (χ2n) is 2.10. The van der Waals surface area contributed by atoms with Crippen LogP contribution in [0, 0.1) is 12.4 Å². The molecule has 0 aliphatic heterocycles. The van der Waals surface area contributed by atoms with Crippen LogP contribution in [0.25, 0.3) is 0 Å². The molecule has 0 saturated carbocycles. The summed E-state index contributed by atoms with van der Waals surface area (Å²) in [5.74, 6) is 0. The first-order valence-corrected chi connectivity index (χ1v) is 3.30. The molecule has 1 aliphatic rings. The van der Waals surface area contributed by atoms with Gasteiger partial charge >= 0.3 is 0 Å². The summed E-state index contributed by atoms with van der Waals surface area (Å²) in [4.78, 5) is 0. The van der Waals surface area contributed by atoms with Crippen molar-refractivity contribution < 1.29 is 32.5 Å². The number of halogens is 1. The third-order valence-corrected chi connectivity index (χ3v) is 1.33. The Morgan fingerprint density at radius 3 is 1.00 bits per heavy atom. The molecule has 1 radical (unpaired) electrons. The first-order chi connectivity index (χ1) is 4.00. The van der Waals surface area contributed by atoms with Crippen LogP contribution in [0.2, 0.25) is 0 Å². The van der Waals surface area contributed by atoms with E-state index in [-0.39, 0.29) is 32.5 Å². The van der Waals surface area contributed by atoms with E-state index in [0.717, 1.165) is 0 Å². The molecule has 0 aromatic carbocycles. The van der Waals surface area contributed by atoms with E-state index in [4.69, 9.17) is 0 Å². The van der Waals surface area contributed by atoms with E-state index in [1.165, 1.54) is 25.7 Å². The Hall–Kier alpha value is 0.419. The smallest absolute Gasteiger partial charge is 0.0882 e. The van der Waals surface area contributed by atoms with Crippen LogP contribution < -0.4 is 0 Å². The number of hydrogen-bond donors (Lipinski definition) is 0. The van der Waals surface area contributed by atoms with Crippen molar-refractivity contribution >= 4 is 0 Å². The van der Waals surface area contributed by atoms with E-state index in [0.29, 0.717) is 0 Å². The summed E-state index contributed by atoms with van der Waals surface area (Å²) in [6.45, 7) is 0. The zero-order valence-corrected chi connectivity index (χ0v) is 9.21.